The van der Waals surface area contributed by atoms with Gasteiger partial charge in [0.15, 0.2) is 0 Å². The molecule has 4 rings (SSSR count). The Balaban J connectivity index is 1.60. The number of aryl methyl sites for hydroxylation is 1. The van der Waals surface area contributed by atoms with Crippen LogP contribution in [0.15, 0.2) is 23.4 Å². The zero-order chi connectivity index (χ0) is 18.5. The van der Waals surface area contributed by atoms with E-state index >= 15 is 0 Å². The number of rotatable bonds is 3. The zero-order valence-corrected chi connectivity index (χ0v) is 18.0. The van der Waals surface area contributed by atoms with Crippen molar-refractivity contribution in [3.63, 3.8) is 0 Å². The maximum absolute atomic E-state index is 6.24. The van der Waals surface area contributed by atoms with Crippen molar-refractivity contribution in [2.24, 2.45) is 22.4 Å². The number of oxime groups is 1. The molecule has 0 heterocycles. The van der Waals surface area contributed by atoms with Gasteiger partial charge >= 0.3 is 0 Å². The van der Waals surface area contributed by atoms with Crippen LogP contribution in [0, 0.1) is 17.3 Å². The van der Waals surface area contributed by atoms with Gasteiger partial charge < -0.3 is 9.26 Å². The minimum atomic E-state index is -1.55. The molecule has 0 unspecified atom stereocenters. The maximum atomic E-state index is 6.24. The van der Waals surface area contributed by atoms with Crippen LogP contribution in [0.4, 0.5) is 0 Å². The fraction of sp³-hybridized carbons (Fsp3) is 0.682. The highest BCUT2D eigenvalue weighted by Crippen LogP contribution is 2.60. The monoisotopic (exact) mass is 371 g/mol. The number of hydrogen-bond acceptors (Lipinski definition) is 3. The van der Waals surface area contributed by atoms with E-state index in [1.165, 1.54) is 37.0 Å². The van der Waals surface area contributed by atoms with Crippen molar-refractivity contribution in [3.8, 4) is 5.75 Å². The molecule has 0 amide bonds. The third-order valence-electron chi connectivity index (χ3n) is 6.92. The van der Waals surface area contributed by atoms with Gasteiger partial charge in [-0.15, -0.1) is 0 Å². The van der Waals surface area contributed by atoms with E-state index in [4.69, 9.17) is 9.26 Å². The van der Waals surface area contributed by atoms with Crippen molar-refractivity contribution < 1.29 is 9.26 Å². The fourth-order valence-electron chi connectivity index (χ4n) is 5.98. The quantitative estimate of drug-likeness (QED) is 0.499. The molecule has 0 spiro atoms. The molecule has 2 saturated carbocycles. The largest absolute Gasteiger partial charge is 0.544 e. The highest BCUT2D eigenvalue weighted by molar-refractivity contribution is 6.70. The van der Waals surface area contributed by atoms with E-state index in [2.05, 4.69) is 49.9 Å². The first-order valence-electron chi connectivity index (χ1n) is 10.2. The van der Waals surface area contributed by atoms with Crippen LogP contribution in [0.1, 0.15) is 56.1 Å². The predicted molar refractivity (Wildman–Crippen MR) is 109 cm³/mol. The lowest BCUT2D eigenvalue weighted by Gasteiger charge is -2.49. The molecule has 0 aliphatic heterocycles. The Labute approximate surface area is 159 Å². The lowest BCUT2D eigenvalue weighted by atomic mass is 9.56. The van der Waals surface area contributed by atoms with Crippen LogP contribution in [0.5, 0.6) is 5.75 Å². The number of hydrogen-bond donors (Lipinski definition) is 0. The second-order valence-electron chi connectivity index (χ2n) is 9.90. The molecule has 3 aliphatic carbocycles. The van der Waals surface area contributed by atoms with Crippen molar-refractivity contribution in [2.75, 3.05) is 7.11 Å². The van der Waals surface area contributed by atoms with E-state index in [0.29, 0.717) is 5.41 Å². The molecule has 2 fully saturated rings. The Morgan fingerprint density at radius 1 is 1.19 bits per heavy atom. The topological polar surface area (TPSA) is 30.8 Å². The molecule has 1 aromatic carbocycles. The lowest BCUT2D eigenvalue weighted by molar-refractivity contribution is 0.0599. The second kappa shape index (κ2) is 6.40. The van der Waals surface area contributed by atoms with Crippen LogP contribution in [0.25, 0.3) is 0 Å². The van der Waals surface area contributed by atoms with E-state index in [-0.39, 0.29) is 0 Å². The van der Waals surface area contributed by atoms with Crippen molar-refractivity contribution in [2.45, 2.75) is 71.0 Å². The van der Waals surface area contributed by atoms with Crippen molar-refractivity contribution in [1.82, 2.24) is 0 Å². The number of fused-ring (bicyclic) bond motifs is 5. The summed E-state index contributed by atoms with van der Waals surface area (Å²) in [5.41, 5.74) is 4.85. The fourth-order valence-corrected chi connectivity index (χ4v) is 6.81. The van der Waals surface area contributed by atoms with Crippen molar-refractivity contribution in [1.29, 1.82) is 0 Å². The normalized spacial score (nSPS) is 34.8. The van der Waals surface area contributed by atoms with Crippen LogP contribution in [-0.4, -0.2) is 21.1 Å². The van der Waals surface area contributed by atoms with E-state index in [9.17, 15) is 0 Å². The van der Waals surface area contributed by atoms with Gasteiger partial charge in [0.1, 0.15) is 12.9 Å². The third kappa shape index (κ3) is 3.21. The molecule has 0 aromatic heterocycles. The Bertz CT molecular complexity index is 723. The van der Waals surface area contributed by atoms with Crippen LogP contribution >= 0.6 is 0 Å². The summed E-state index contributed by atoms with van der Waals surface area (Å²) in [5.74, 6) is 3.37. The molecule has 0 N–H and O–H groups in total. The van der Waals surface area contributed by atoms with Crippen LogP contribution in [0.2, 0.25) is 19.6 Å². The zero-order valence-electron chi connectivity index (χ0n) is 17.0. The van der Waals surface area contributed by atoms with Crippen LogP contribution < -0.4 is 4.43 Å². The first kappa shape index (κ1) is 18.1. The third-order valence-corrected chi connectivity index (χ3v) is 7.77. The molecule has 26 heavy (non-hydrogen) atoms. The van der Waals surface area contributed by atoms with Gasteiger partial charge in [-0.25, -0.2) is 0 Å². The van der Waals surface area contributed by atoms with E-state index in [1.807, 2.05) is 0 Å². The molecule has 142 valence electrons. The Morgan fingerprint density at radius 3 is 2.73 bits per heavy atom. The van der Waals surface area contributed by atoms with Crippen molar-refractivity contribution in [3.05, 3.63) is 29.3 Å². The molecule has 0 saturated heterocycles. The van der Waals surface area contributed by atoms with Crippen molar-refractivity contribution >= 4 is 14.0 Å². The summed E-state index contributed by atoms with van der Waals surface area (Å²) in [6.45, 7) is 9.25. The van der Waals surface area contributed by atoms with Gasteiger partial charge in [-0.05, 0) is 105 Å². The average molecular weight is 372 g/mol. The molecule has 3 nitrogen and oxygen atoms in total. The highest BCUT2D eigenvalue weighted by Gasteiger charge is 2.52. The Kier molecular flexibility index (Phi) is 4.45. The summed E-state index contributed by atoms with van der Waals surface area (Å²) < 4.78 is 6.24. The minimum absolute atomic E-state index is 0.427. The molecule has 4 heteroatoms. The first-order chi connectivity index (χ1) is 12.3. The summed E-state index contributed by atoms with van der Waals surface area (Å²) in [6.07, 6.45) is 7.41. The van der Waals surface area contributed by atoms with Gasteiger partial charge in [0.25, 0.3) is 0 Å². The standard InChI is InChI=1S/C22H33NO2Si/c1-22-11-10-19-18-9-7-17(25-26(3,4)5)12-15(18)6-8-20(19)21(22)13-16(14-22)23-24-2/h7,9,12,19-21H,6,8,10-11,13-14H2,1-5H3/b23-16+/t19-,20-,21+,22-/m1/s1. The second-order valence-corrected chi connectivity index (χ2v) is 14.3. The Morgan fingerprint density at radius 2 is 2.00 bits per heavy atom. The highest BCUT2D eigenvalue weighted by atomic mass is 28.4. The van der Waals surface area contributed by atoms with E-state index in [1.54, 1.807) is 12.7 Å². The van der Waals surface area contributed by atoms with Gasteiger partial charge in [0.2, 0.25) is 8.32 Å². The molecule has 4 atom stereocenters. The molecule has 0 radical (unpaired) electrons. The smallest absolute Gasteiger partial charge is 0.242 e. The SMILES string of the molecule is CO/N=C1\C[C@H]2[C@@H]3CCc4cc(O[Si](C)(C)C)ccc4[C@H]3CC[C@]2(C)C1. The first-order valence-corrected chi connectivity index (χ1v) is 13.6. The van der Waals surface area contributed by atoms with Crippen LogP contribution in [-0.2, 0) is 11.3 Å². The molecular weight excluding hydrogens is 338 g/mol. The molecule has 1 aromatic rings. The lowest BCUT2D eigenvalue weighted by Crippen LogP contribution is -2.39. The summed E-state index contributed by atoms with van der Waals surface area (Å²) in [5, 5.41) is 4.32. The van der Waals surface area contributed by atoms with E-state index in [0.717, 1.165) is 36.3 Å². The summed E-state index contributed by atoms with van der Waals surface area (Å²) in [6, 6.07) is 6.94. The summed E-state index contributed by atoms with van der Waals surface area (Å²) >= 11 is 0. The van der Waals surface area contributed by atoms with Gasteiger partial charge in [-0.3, -0.25) is 0 Å². The Hall–Kier alpha value is -1.29. The molecular formula is C22H33NO2Si. The predicted octanol–water partition coefficient (Wildman–Crippen LogP) is 5.76. The van der Waals surface area contributed by atoms with Crippen LogP contribution in [0.3, 0.4) is 0 Å². The minimum Gasteiger partial charge on any atom is -0.544 e. The molecule has 3 aliphatic rings. The average Bonchev–Trinajstić information content (AvgIpc) is 2.89. The van der Waals surface area contributed by atoms with Gasteiger partial charge in [0.05, 0.1) is 5.71 Å². The van der Waals surface area contributed by atoms with Gasteiger partial charge in [-0.1, -0.05) is 18.1 Å². The summed E-state index contributed by atoms with van der Waals surface area (Å²) in [4.78, 5) is 5.10. The van der Waals surface area contributed by atoms with Gasteiger partial charge in [0, 0.05) is 0 Å². The van der Waals surface area contributed by atoms with Gasteiger partial charge in [-0.2, -0.15) is 0 Å². The van der Waals surface area contributed by atoms with E-state index < -0.39 is 8.32 Å². The molecule has 0 bridgehead atoms. The maximum Gasteiger partial charge on any atom is 0.242 e. The number of benzene rings is 1. The number of nitrogens with zero attached hydrogens (tertiary/aromatic N) is 1. The summed E-state index contributed by atoms with van der Waals surface area (Å²) in [7, 11) is 0.132.